The molecule has 0 bridgehead atoms. The molecule has 0 aromatic heterocycles. The lowest BCUT2D eigenvalue weighted by molar-refractivity contribution is -0.0512. The first-order chi connectivity index (χ1) is 14.5. The van der Waals surface area contributed by atoms with Gasteiger partial charge in [0.1, 0.15) is 11.5 Å². The standard InChI is InChI=1S/C21H27F2N3O4/c1-5-24-21(26-13-15-7-8-16(27-2)11-18(15)29-4)25-12-14-6-9-17(28-3)19(10-14)30-20(22)23/h6-11,20H,5,12-13H2,1-4H3,(H2,24,25,26). The number of rotatable bonds is 10. The lowest BCUT2D eigenvalue weighted by Crippen LogP contribution is -2.36. The van der Waals surface area contributed by atoms with Gasteiger partial charge in [-0.1, -0.05) is 6.07 Å². The first kappa shape index (κ1) is 23.1. The van der Waals surface area contributed by atoms with Gasteiger partial charge in [-0.3, -0.25) is 0 Å². The van der Waals surface area contributed by atoms with Crippen molar-refractivity contribution in [2.45, 2.75) is 26.6 Å². The molecule has 0 aliphatic heterocycles. The van der Waals surface area contributed by atoms with Crippen LogP contribution in [0.4, 0.5) is 8.78 Å². The summed E-state index contributed by atoms with van der Waals surface area (Å²) in [6.45, 7) is 0.414. The largest absolute Gasteiger partial charge is 0.497 e. The van der Waals surface area contributed by atoms with Crippen LogP contribution < -0.4 is 29.6 Å². The smallest absolute Gasteiger partial charge is 0.387 e. The van der Waals surface area contributed by atoms with Crippen molar-refractivity contribution >= 4 is 5.96 Å². The lowest BCUT2D eigenvalue weighted by Gasteiger charge is -2.15. The predicted molar refractivity (Wildman–Crippen MR) is 111 cm³/mol. The minimum absolute atomic E-state index is 0.0267. The number of alkyl halides is 2. The van der Waals surface area contributed by atoms with Crippen LogP contribution in [0, 0.1) is 0 Å². The number of guanidine groups is 1. The van der Waals surface area contributed by atoms with E-state index in [0.29, 0.717) is 36.1 Å². The Bertz CT molecular complexity index is 847. The zero-order valence-corrected chi connectivity index (χ0v) is 17.5. The molecule has 7 nitrogen and oxygen atoms in total. The van der Waals surface area contributed by atoms with Crippen LogP contribution in [0.25, 0.3) is 0 Å². The first-order valence-electron chi connectivity index (χ1n) is 9.35. The Morgan fingerprint density at radius 1 is 0.933 bits per heavy atom. The van der Waals surface area contributed by atoms with E-state index in [4.69, 9.17) is 14.2 Å². The topological polar surface area (TPSA) is 73.3 Å². The SMILES string of the molecule is CCNC(=NCc1ccc(OC)c(OC(F)F)c1)NCc1ccc(OC)cc1OC. The molecule has 2 N–H and O–H groups in total. The number of hydrogen-bond donors (Lipinski definition) is 2. The van der Waals surface area contributed by atoms with E-state index in [1.165, 1.54) is 13.2 Å². The maximum absolute atomic E-state index is 12.6. The number of aliphatic imine (C=N–C) groups is 1. The molecule has 30 heavy (non-hydrogen) atoms. The van der Waals surface area contributed by atoms with E-state index in [1.54, 1.807) is 26.4 Å². The van der Waals surface area contributed by atoms with Gasteiger partial charge in [0.15, 0.2) is 17.5 Å². The number of hydrogen-bond acceptors (Lipinski definition) is 5. The molecular formula is C21H27F2N3O4. The molecule has 0 saturated heterocycles. The molecule has 0 unspecified atom stereocenters. The zero-order chi connectivity index (χ0) is 21.9. The van der Waals surface area contributed by atoms with Crippen LogP contribution in [-0.2, 0) is 13.1 Å². The normalized spacial score (nSPS) is 11.2. The number of nitrogens with one attached hydrogen (secondary N) is 2. The molecule has 0 atom stereocenters. The summed E-state index contributed by atoms with van der Waals surface area (Å²) in [6.07, 6.45) is 0. The van der Waals surface area contributed by atoms with Crippen LogP contribution in [0.1, 0.15) is 18.1 Å². The fraction of sp³-hybridized carbons (Fsp3) is 0.381. The number of halogens is 2. The number of methoxy groups -OCH3 is 3. The number of nitrogens with zero attached hydrogens (tertiary/aromatic N) is 1. The Morgan fingerprint density at radius 2 is 1.70 bits per heavy atom. The lowest BCUT2D eigenvalue weighted by atomic mass is 10.2. The molecular weight excluding hydrogens is 396 g/mol. The molecule has 0 aliphatic rings. The second-order valence-corrected chi connectivity index (χ2v) is 6.09. The average Bonchev–Trinajstić information content (AvgIpc) is 2.75. The third-order valence-electron chi connectivity index (χ3n) is 4.15. The van der Waals surface area contributed by atoms with E-state index in [2.05, 4.69) is 20.4 Å². The van der Waals surface area contributed by atoms with Crippen molar-refractivity contribution in [2.24, 2.45) is 4.99 Å². The number of ether oxygens (including phenoxy) is 4. The maximum Gasteiger partial charge on any atom is 0.387 e. The van der Waals surface area contributed by atoms with Crippen LogP contribution in [0.2, 0.25) is 0 Å². The fourth-order valence-electron chi connectivity index (χ4n) is 2.70. The van der Waals surface area contributed by atoms with Gasteiger partial charge in [-0.25, -0.2) is 4.99 Å². The Hall–Kier alpha value is -3.23. The van der Waals surface area contributed by atoms with E-state index in [1.807, 2.05) is 25.1 Å². The van der Waals surface area contributed by atoms with Gasteiger partial charge >= 0.3 is 6.61 Å². The summed E-state index contributed by atoms with van der Waals surface area (Å²) >= 11 is 0. The van der Waals surface area contributed by atoms with Crippen molar-refractivity contribution in [1.29, 1.82) is 0 Å². The molecule has 164 valence electrons. The molecule has 0 heterocycles. The zero-order valence-electron chi connectivity index (χ0n) is 17.5. The Balaban J connectivity index is 2.11. The van der Waals surface area contributed by atoms with Crippen LogP contribution >= 0.6 is 0 Å². The number of benzene rings is 2. The van der Waals surface area contributed by atoms with Gasteiger partial charge in [0.05, 0.1) is 27.9 Å². The van der Waals surface area contributed by atoms with Gasteiger partial charge in [0.2, 0.25) is 0 Å². The van der Waals surface area contributed by atoms with Gasteiger partial charge < -0.3 is 29.6 Å². The summed E-state index contributed by atoms with van der Waals surface area (Å²) in [5, 5.41) is 6.38. The minimum atomic E-state index is -2.93. The highest BCUT2D eigenvalue weighted by molar-refractivity contribution is 5.79. The van der Waals surface area contributed by atoms with Gasteiger partial charge in [-0.15, -0.1) is 0 Å². The van der Waals surface area contributed by atoms with Gasteiger partial charge in [0, 0.05) is 24.7 Å². The molecule has 0 aliphatic carbocycles. The molecule has 2 aromatic carbocycles. The molecule has 2 rings (SSSR count). The summed E-state index contributed by atoms with van der Waals surface area (Å²) in [4.78, 5) is 4.51. The quantitative estimate of drug-likeness (QED) is 0.450. The minimum Gasteiger partial charge on any atom is -0.497 e. The molecule has 2 aromatic rings. The van der Waals surface area contributed by atoms with Crippen LogP contribution in [0.3, 0.4) is 0 Å². The maximum atomic E-state index is 12.6. The summed E-state index contributed by atoms with van der Waals surface area (Å²) in [5.74, 6) is 2.18. The van der Waals surface area contributed by atoms with E-state index in [9.17, 15) is 8.78 Å². The highest BCUT2D eigenvalue weighted by Crippen LogP contribution is 2.29. The Kier molecular flexibility index (Phi) is 8.99. The molecule has 0 amide bonds. The summed E-state index contributed by atoms with van der Waals surface area (Å²) in [5.41, 5.74) is 1.63. The molecule has 0 radical (unpaired) electrons. The van der Waals surface area contributed by atoms with E-state index >= 15 is 0 Å². The van der Waals surface area contributed by atoms with Crippen molar-refractivity contribution < 1.29 is 27.7 Å². The highest BCUT2D eigenvalue weighted by atomic mass is 19.3. The van der Waals surface area contributed by atoms with E-state index < -0.39 is 6.61 Å². The molecule has 0 spiro atoms. The van der Waals surface area contributed by atoms with Gasteiger partial charge in [0.25, 0.3) is 0 Å². The first-order valence-corrected chi connectivity index (χ1v) is 9.35. The fourth-order valence-corrected chi connectivity index (χ4v) is 2.70. The molecule has 9 heteroatoms. The second kappa shape index (κ2) is 11.7. The predicted octanol–water partition coefficient (Wildman–Crippen LogP) is 3.57. The summed E-state index contributed by atoms with van der Waals surface area (Å²) in [6, 6.07) is 10.4. The molecule has 0 fully saturated rings. The van der Waals surface area contributed by atoms with Crippen molar-refractivity contribution in [3.05, 3.63) is 47.5 Å². The van der Waals surface area contributed by atoms with Crippen LogP contribution in [0.5, 0.6) is 23.0 Å². The van der Waals surface area contributed by atoms with Crippen molar-refractivity contribution in [1.82, 2.24) is 10.6 Å². The van der Waals surface area contributed by atoms with Gasteiger partial charge in [-0.2, -0.15) is 8.78 Å². The third kappa shape index (κ3) is 6.68. The Morgan fingerprint density at radius 3 is 2.33 bits per heavy atom. The van der Waals surface area contributed by atoms with E-state index in [0.717, 1.165) is 5.56 Å². The Labute approximate surface area is 175 Å². The van der Waals surface area contributed by atoms with Crippen LogP contribution in [0.15, 0.2) is 41.4 Å². The third-order valence-corrected chi connectivity index (χ3v) is 4.15. The van der Waals surface area contributed by atoms with Crippen molar-refractivity contribution in [2.75, 3.05) is 27.9 Å². The highest BCUT2D eigenvalue weighted by Gasteiger charge is 2.11. The molecule has 0 saturated carbocycles. The average molecular weight is 423 g/mol. The second-order valence-electron chi connectivity index (χ2n) is 6.09. The summed E-state index contributed by atoms with van der Waals surface area (Å²) < 4.78 is 45.4. The van der Waals surface area contributed by atoms with Crippen molar-refractivity contribution in [3.8, 4) is 23.0 Å². The van der Waals surface area contributed by atoms with Crippen LogP contribution in [-0.4, -0.2) is 40.4 Å². The van der Waals surface area contributed by atoms with Gasteiger partial charge in [-0.05, 0) is 36.8 Å². The summed E-state index contributed by atoms with van der Waals surface area (Å²) in [7, 11) is 4.59. The van der Waals surface area contributed by atoms with E-state index in [-0.39, 0.29) is 18.0 Å². The monoisotopic (exact) mass is 423 g/mol. The van der Waals surface area contributed by atoms with Crippen molar-refractivity contribution in [3.63, 3.8) is 0 Å².